The summed E-state index contributed by atoms with van der Waals surface area (Å²) < 4.78 is 0. The second-order valence-electron chi connectivity index (χ2n) is 5.86. The summed E-state index contributed by atoms with van der Waals surface area (Å²) in [7, 11) is 0. The van der Waals surface area contributed by atoms with Gasteiger partial charge in [-0.05, 0) is 43.2 Å². The third kappa shape index (κ3) is 4.00. The number of rotatable bonds is 5. The average Bonchev–Trinajstić information content (AvgIpc) is 3.20. The Morgan fingerprint density at radius 1 is 1.50 bits per heavy atom. The Bertz CT molecular complexity index is 550. The molecule has 1 fully saturated rings. The Labute approximate surface area is 135 Å². The van der Waals surface area contributed by atoms with Crippen LogP contribution in [0.3, 0.4) is 0 Å². The molecule has 0 spiro atoms. The van der Waals surface area contributed by atoms with Crippen LogP contribution >= 0.6 is 11.3 Å². The molecule has 1 aromatic rings. The summed E-state index contributed by atoms with van der Waals surface area (Å²) in [5, 5.41) is 8.72. The molecule has 1 aromatic heterocycles. The van der Waals surface area contributed by atoms with Gasteiger partial charge in [0.15, 0.2) is 5.96 Å². The number of carbonyl (C=O) groups excluding carboxylic acids is 1. The van der Waals surface area contributed by atoms with E-state index in [9.17, 15) is 4.79 Å². The standard InChI is InChI=1S/C16H24N4OS/c1-2-17-16(19-13-3-4-13)18-8-5-15(21)20-9-6-14-12(11-20)7-10-22-14/h7,10,13H,2-6,8-9,11H2,1H3,(H2,17,18,19). The van der Waals surface area contributed by atoms with Gasteiger partial charge < -0.3 is 15.5 Å². The molecule has 22 heavy (non-hydrogen) atoms. The first-order valence-electron chi connectivity index (χ1n) is 8.14. The zero-order chi connectivity index (χ0) is 15.4. The molecule has 6 heteroatoms. The van der Waals surface area contributed by atoms with Crippen molar-refractivity contribution in [2.45, 2.75) is 45.2 Å². The number of nitrogens with one attached hydrogen (secondary N) is 2. The second-order valence-corrected chi connectivity index (χ2v) is 6.86. The Balaban J connectivity index is 1.47. The van der Waals surface area contributed by atoms with Gasteiger partial charge >= 0.3 is 0 Å². The summed E-state index contributed by atoms with van der Waals surface area (Å²) in [6.07, 6.45) is 3.93. The number of thiophene rings is 1. The molecule has 1 amide bonds. The van der Waals surface area contributed by atoms with E-state index in [1.54, 1.807) is 11.3 Å². The van der Waals surface area contributed by atoms with E-state index in [1.807, 2.05) is 4.90 Å². The van der Waals surface area contributed by atoms with Crippen LogP contribution in [0.5, 0.6) is 0 Å². The molecule has 3 rings (SSSR count). The van der Waals surface area contributed by atoms with Gasteiger partial charge in [0.05, 0.1) is 6.54 Å². The molecule has 2 N–H and O–H groups in total. The first-order chi connectivity index (χ1) is 10.8. The van der Waals surface area contributed by atoms with Crippen molar-refractivity contribution in [3.8, 4) is 0 Å². The molecule has 0 atom stereocenters. The van der Waals surface area contributed by atoms with Crippen LogP contribution in [-0.2, 0) is 17.8 Å². The smallest absolute Gasteiger partial charge is 0.224 e. The zero-order valence-electron chi connectivity index (χ0n) is 13.1. The molecule has 0 unspecified atom stereocenters. The van der Waals surface area contributed by atoms with Crippen molar-refractivity contribution in [3.05, 3.63) is 21.9 Å². The highest BCUT2D eigenvalue weighted by Crippen LogP contribution is 2.24. The van der Waals surface area contributed by atoms with Crippen LogP contribution < -0.4 is 10.6 Å². The van der Waals surface area contributed by atoms with E-state index >= 15 is 0 Å². The van der Waals surface area contributed by atoms with Crippen molar-refractivity contribution in [1.82, 2.24) is 15.5 Å². The normalized spacial score (nSPS) is 18.0. The minimum absolute atomic E-state index is 0.211. The molecule has 0 saturated heterocycles. The van der Waals surface area contributed by atoms with Crippen molar-refractivity contribution < 1.29 is 4.79 Å². The van der Waals surface area contributed by atoms with Gasteiger partial charge in [0.25, 0.3) is 0 Å². The predicted octanol–water partition coefficient (Wildman–Crippen LogP) is 1.74. The van der Waals surface area contributed by atoms with Gasteiger partial charge in [0.2, 0.25) is 5.91 Å². The Morgan fingerprint density at radius 3 is 3.14 bits per heavy atom. The van der Waals surface area contributed by atoms with Crippen molar-refractivity contribution in [2.24, 2.45) is 4.99 Å². The molecule has 2 heterocycles. The van der Waals surface area contributed by atoms with Gasteiger partial charge in [-0.2, -0.15) is 0 Å². The molecule has 0 bridgehead atoms. The zero-order valence-corrected chi connectivity index (χ0v) is 13.9. The highest BCUT2D eigenvalue weighted by molar-refractivity contribution is 7.10. The van der Waals surface area contributed by atoms with Crippen LogP contribution in [-0.4, -0.2) is 42.4 Å². The summed E-state index contributed by atoms with van der Waals surface area (Å²) in [6.45, 7) is 5.06. The van der Waals surface area contributed by atoms with E-state index in [-0.39, 0.29) is 5.91 Å². The second kappa shape index (κ2) is 7.13. The maximum atomic E-state index is 12.3. The van der Waals surface area contributed by atoms with E-state index < -0.39 is 0 Å². The largest absolute Gasteiger partial charge is 0.357 e. The lowest BCUT2D eigenvalue weighted by Gasteiger charge is -2.26. The van der Waals surface area contributed by atoms with Gasteiger partial charge in [-0.15, -0.1) is 11.3 Å². The number of fused-ring (bicyclic) bond motifs is 1. The van der Waals surface area contributed by atoms with Crippen LogP contribution in [0.4, 0.5) is 0 Å². The Hall–Kier alpha value is -1.56. The summed E-state index contributed by atoms with van der Waals surface area (Å²) >= 11 is 1.80. The van der Waals surface area contributed by atoms with Gasteiger partial charge in [-0.3, -0.25) is 9.79 Å². The monoisotopic (exact) mass is 320 g/mol. The summed E-state index contributed by atoms with van der Waals surface area (Å²) in [6, 6.07) is 2.72. The molecule has 120 valence electrons. The molecule has 0 aromatic carbocycles. The Morgan fingerprint density at radius 2 is 2.36 bits per heavy atom. The maximum absolute atomic E-state index is 12.3. The SMILES string of the molecule is CCNC(=NCCC(=O)N1CCc2sccc2C1)NC1CC1. The minimum Gasteiger partial charge on any atom is -0.357 e. The van der Waals surface area contributed by atoms with Crippen molar-refractivity contribution >= 4 is 23.2 Å². The molecule has 1 saturated carbocycles. The summed E-state index contributed by atoms with van der Waals surface area (Å²) in [5.41, 5.74) is 1.32. The molecular formula is C16H24N4OS. The van der Waals surface area contributed by atoms with Gasteiger partial charge in [-0.1, -0.05) is 0 Å². The number of hydrogen-bond donors (Lipinski definition) is 2. The van der Waals surface area contributed by atoms with Crippen LogP contribution in [0.2, 0.25) is 0 Å². The van der Waals surface area contributed by atoms with E-state index in [2.05, 4.69) is 34.0 Å². The van der Waals surface area contributed by atoms with Crippen LogP contribution in [0.25, 0.3) is 0 Å². The molecule has 1 aliphatic heterocycles. The topological polar surface area (TPSA) is 56.7 Å². The lowest BCUT2D eigenvalue weighted by molar-refractivity contribution is -0.131. The van der Waals surface area contributed by atoms with Crippen molar-refractivity contribution in [1.29, 1.82) is 0 Å². The number of aliphatic imine (C=N–C) groups is 1. The van der Waals surface area contributed by atoms with E-state index in [0.29, 0.717) is 19.0 Å². The van der Waals surface area contributed by atoms with Gasteiger partial charge in [0.1, 0.15) is 0 Å². The quantitative estimate of drug-likeness (QED) is 0.642. The first kappa shape index (κ1) is 15.3. The molecule has 0 radical (unpaired) electrons. The third-order valence-corrected chi connectivity index (χ3v) is 5.04. The first-order valence-corrected chi connectivity index (χ1v) is 9.02. The summed E-state index contributed by atoms with van der Waals surface area (Å²) in [5.74, 6) is 1.06. The lowest BCUT2D eigenvalue weighted by Crippen LogP contribution is -2.39. The van der Waals surface area contributed by atoms with E-state index in [1.165, 1.54) is 23.3 Å². The van der Waals surface area contributed by atoms with Crippen molar-refractivity contribution in [3.63, 3.8) is 0 Å². The maximum Gasteiger partial charge on any atom is 0.224 e. The van der Waals surface area contributed by atoms with Crippen molar-refractivity contribution in [2.75, 3.05) is 19.6 Å². The molecule has 2 aliphatic rings. The third-order valence-electron chi connectivity index (χ3n) is 4.02. The fourth-order valence-electron chi connectivity index (χ4n) is 2.62. The number of nitrogens with zero attached hydrogens (tertiary/aromatic N) is 2. The highest BCUT2D eigenvalue weighted by Gasteiger charge is 2.23. The van der Waals surface area contributed by atoms with Crippen LogP contribution in [0.15, 0.2) is 16.4 Å². The van der Waals surface area contributed by atoms with E-state index in [0.717, 1.165) is 32.0 Å². The fraction of sp³-hybridized carbons (Fsp3) is 0.625. The number of carbonyl (C=O) groups is 1. The fourth-order valence-corrected chi connectivity index (χ4v) is 3.51. The highest BCUT2D eigenvalue weighted by atomic mass is 32.1. The predicted molar refractivity (Wildman–Crippen MR) is 90.2 cm³/mol. The Kier molecular flexibility index (Phi) is 4.97. The van der Waals surface area contributed by atoms with Crippen LogP contribution in [0, 0.1) is 0 Å². The molecular weight excluding hydrogens is 296 g/mol. The molecule has 1 aliphatic carbocycles. The molecule has 5 nitrogen and oxygen atoms in total. The lowest BCUT2D eigenvalue weighted by atomic mass is 10.1. The van der Waals surface area contributed by atoms with E-state index in [4.69, 9.17) is 0 Å². The van der Waals surface area contributed by atoms with Crippen LogP contribution in [0.1, 0.15) is 36.6 Å². The minimum atomic E-state index is 0.211. The van der Waals surface area contributed by atoms with Gasteiger partial charge in [0, 0.05) is 37.0 Å². The number of amides is 1. The summed E-state index contributed by atoms with van der Waals surface area (Å²) in [4.78, 5) is 20.2. The number of hydrogen-bond acceptors (Lipinski definition) is 3. The average molecular weight is 320 g/mol. The number of guanidine groups is 1. The van der Waals surface area contributed by atoms with Gasteiger partial charge in [-0.25, -0.2) is 0 Å².